The molecule has 2 heterocycles. The Morgan fingerprint density at radius 1 is 1.48 bits per heavy atom. The van der Waals surface area contributed by atoms with Gasteiger partial charge in [0.15, 0.2) is 0 Å². The van der Waals surface area contributed by atoms with Gasteiger partial charge in [0.25, 0.3) is 5.91 Å². The first-order valence-corrected chi connectivity index (χ1v) is 7.60. The zero-order valence-electron chi connectivity index (χ0n) is 13.7. The number of nitrogens with zero attached hydrogens (tertiary/aromatic N) is 3. The standard InChI is InChI=1S/C16H26N4O/c1-6-17-14-7-12(3)18-8-13(14)16(21)20-9-11(2)15(10-20)19(4)5/h7-8,11,15H,6,9-10H2,1-5H3,(H,17,18). The number of hydrogen-bond donors (Lipinski definition) is 1. The minimum Gasteiger partial charge on any atom is -0.385 e. The van der Waals surface area contributed by atoms with Crippen LogP contribution in [-0.2, 0) is 0 Å². The third-order valence-corrected chi connectivity index (χ3v) is 4.16. The Kier molecular flexibility index (Phi) is 4.83. The second-order valence-corrected chi connectivity index (χ2v) is 6.12. The summed E-state index contributed by atoms with van der Waals surface area (Å²) >= 11 is 0. The van der Waals surface area contributed by atoms with Crippen LogP contribution in [0.1, 0.15) is 29.9 Å². The number of pyridine rings is 1. The second kappa shape index (κ2) is 6.43. The summed E-state index contributed by atoms with van der Waals surface area (Å²) in [6.45, 7) is 8.56. The molecule has 0 aliphatic carbocycles. The average molecular weight is 290 g/mol. The van der Waals surface area contributed by atoms with Crippen molar-refractivity contribution in [1.82, 2.24) is 14.8 Å². The van der Waals surface area contributed by atoms with Crippen LogP contribution in [0.5, 0.6) is 0 Å². The maximum atomic E-state index is 12.8. The highest BCUT2D eigenvalue weighted by atomic mass is 16.2. The smallest absolute Gasteiger partial charge is 0.257 e. The van der Waals surface area contributed by atoms with Gasteiger partial charge < -0.3 is 15.1 Å². The Hall–Kier alpha value is -1.62. The fourth-order valence-corrected chi connectivity index (χ4v) is 3.02. The van der Waals surface area contributed by atoms with Crippen LogP contribution >= 0.6 is 0 Å². The second-order valence-electron chi connectivity index (χ2n) is 6.12. The van der Waals surface area contributed by atoms with Crippen molar-refractivity contribution in [2.75, 3.05) is 39.0 Å². The van der Waals surface area contributed by atoms with Crippen molar-refractivity contribution in [2.24, 2.45) is 5.92 Å². The molecule has 2 atom stereocenters. The van der Waals surface area contributed by atoms with Crippen LogP contribution in [0.3, 0.4) is 0 Å². The zero-order chi connectivity index (χ0) is 15.6. The summed E-state index contributed by atoms with van der Waals surface area (Å²) < 4.78 is 0. The molecule has 0 aromatic carbocycles. The molecule has 21 heavy (non-hydrogen) atoms. The molecule has 1 aliphatic rings. The summed E-state index contributed by atoms with van der Waals surface area (Å²) in [7, 11) is 4.15. The van der Waals surface area contributed by atoms with Crippen molar-refractivity contribution in [3.63, 3.8) is 0 Å². The minimum atomic E-state index is 0.0784. The van der Waals surface area contributed by atoms with E-state index in [-0.39, 0.29) is 5.91 Å². The number of rotatable bonds is 4. The van der Waals surface area contributed by atoms with Gasteiger partial charge in [-0.3, -0.25) is 9.78 Å². The lowest BCUT2D eigenvalue weighted by molar-refractivity contribution is 0.0782. The number of aryl methyl sites for hydroxylation is 1. The first-order valence-electron chi connectivity index (χ1n) is 7.60. The number of carbonyl (C=O) groups is 1. The Balaban J connectivity index is 2.21. The molecule has 0 radical (unpaired) electrons. The number of hydrogen-bond acceptors (Lipinski definition) is 4. The zero-order valence-corrected chi connectivity index (χ0v) is 13.7. The molecule has 5 heteroatoms. The van der Waals surface area contributed by atoms with Gasteiger partial charge in [-0.15, -0.1) is 0 Å². The van der Waals surface area contributed by atoms with Crippen LogP contribution in [-0.4, -0.2) is 60.5 Å². The van der Waals surface area contributed by atoms with Crippen LogP contribution in [0.4, 0.5) is 5.69 Å². The molecule has 1 fully saturated rings. The highest BCUT2D eigenvalue weighted by Crippen LogP contribution is 2.24. The fourth-order valence-electron chi connectivity index (χ4n) is 3.02. The SMILES string of the molecule is CCNc1cc(C)ncc1C(=O)N1CC(C)C(N(C)C)C1. The number of carbonyl (C=O) groups excluding carboxylic acids is 1. The van der Waals surface area contributed by atoms with E-state index >= 15 is 0 Å². The fraction of sp³-hybridized carbons (Fsp3) is 0.625. The van der Waals surface area contributed by atoms with Gasteiger partial charge in [-0.1, -0.05) is 6.92 Å². The Morgan fingerprint density at radius 3 is 2.76 bits per heavy atom. The summed E-state index contributed by atoms with van der Waals surface area (Å²) in [5.41, 5.74) is 2.48. The molecule has 1 amide bonds. The van der Waals surface area contributed by atoms with E-state index in [1.54, 1.807) is 6.20 Å². The maximum Gasteiger partial charge on any atom is 0.257 e. The van der Waals surface area contributed by atoms with Crippen LogP contribution in [0.15, 0.2) is 12.3 Å². The molecule has 2 unspecified atom stereocenters. The lowest BCUT2D eigenvalue weighted by Gasteiger charge is -2.22. The number of aromatic nitrogens is 1. The van der Waals surface area contributed by atoms with E-state index in [0.29, 0.717) is 17.5 Å². The van der Waals surface area contributed by atoms with Gasteiger partial charge in [-0.05, 0) is 39.9 Å². The third-order valence-electron chi connectivity index (χ3n) is 4.16. The van der Waals surface area contributed by atoms with Crippen molar-refractivity contribution in [3.8, 4) is 0 Å². The summed E-state index contributed by atoms with van der Waals surface area (Å²) in [6, 6.07) is 2.37. The van der Waals surface area contributed by atoms with E-state index in [1.807, 2.05) is 24.8 Å². The number of likely N-dealkylation sites (N-methyl/N-ethyl adjacent to an activating group) is 1. The van der Waals surface area contributed by atoms with Gasteiger partial charge in [0.2, 0.25) is 0 Å². The number of likely N-dealkylation sites (tertiary alicyclic amines) is 1. The molecular formula is C16H26N4O. The van der Waals surface area contributed by atoms with Crippen molar-refractivity contribution in [3.05, 3.63) is 23.5 Å². The quantitative estimate of drug-likeness (QED) is 0.919. The molecule has 0 spiro atoms. The van der Waals surface area contributed by atoms with Crippen molar-refractivity contribution in [2.45, 2.75) is 26.8 Å². The van der Waals surface area contributed by atoms with E-state index < -0.39 is 0 Å². The van der Waals surface area contributed by atoms with Crippen LogP contribution in [0, 0.1) is 12.8 Å². The molecular weight excluding hydrogens is 264 g/mol. The van der Waals surface area contributed by atoms with Crippen molar-refractivity contribution >= 4 is 11.6 Å². The molecule has 0 bridgehead atoms. The Bertz CT molecular complexity index is 515. The topological polar surface area (TPSA) is 48.5 Å². The van der Waals surface area contributed by atoms with Gasteiger partial charge >= 0.3 is 0 Å². The number of nitrogens with one attached hydrogen (secondary N) is 1. The Morgan fingerprint density at radius 2 is 2.19 bits per heavy atom. The summed E-state index contributed by atoms with van der Waals surface area (Å²) in [6.07, 6.45) is 1.70. The molecule has 1 N–H and O–H groups in total. The van der Waals surface area contributed by atoms with Gasteiger partial charge in [0.1, 0.15) is 0 Å². The van der Waals surface area contributed by atoms with E-state index in [1.165, 1.54) is 0 Å². The first kappa shape index (κ1) is 15.8. The predicted molar refractivity (Wildman–Crippen MR) is 85.7 cm³/mol. The summed E-state index contributed by atoms with van der Waals surface area (Å²) in [5.74, 6) is 0.569. The average Bonchev–Trinajstić information content (AvgIpc) is 2.81. The van der Waals surface area contributed by atoms with Crippen molar-refractivity contribution in [1.29, 1.82) is 0 Å². The first-order chi connectivity index (χ1) is 9.93. The summed E-state index contributed by atoms with van der Waals surface area (Å²) in [5, 5.41) is 3.27. The van der Waals surface area contributed by atoms with Crippen LogP contribution < -0.4 is 5.32 Å². The monoisotopic (exact) mass is 290 g/mol. The van der Waals surface area contributed by atoms with E-state index in [2.05, 4.69) is 36.2 Å². The maximum absolute atomic E-state index is 12.8. The lowest BCUT2D eigenvalue weighted by Crippen LogP contribution is -2.36. The van der Waals surface area contributed by atoms with E-state index in [9.17, 15) is 4.79 Å². The van der Waals surface area contributed by atoms with Crippen LogP contribution in [0.25, 0.3) is 0 Å². The number of anilines is 1. The molecule has 2 rings (SSSR count). The molecule has 1 aliphatic heterocycles. The molecule has 116 valence electrons. The third kappa shape index (κ3) is 3.35. The summed E-state index contributed by atoms with van der Waals surface area (Å²) in [4.78, 5) is 21.2. The normalized spacial score (nSPS) is 21.9. The Labute approximate surface area is 127 Å². The highest BCUT2D eigenvalue weighted by molar-refractivity contribution is 5.99. The number of amides is 1. The van der Waals surface area contributed by atoms with Gasteiger partial charge in [-0.2, -0.15) is 0 Å². The molecule has 1 saturated heterocycles. The predicted octanol–water partition coefficient (Wildman–Crippen LogP) is 1.84. The highest BCUT2D eigenvalue weighted by Gasteiger charge is 2.34. The van der Waals surface area contributed by atoms with Gasteiger partial charge in [-0.25, -0.2) is 0 Å². The largest absolute Gasteiger partial charge is 0.385 e. The van der Waals surface area contributed by atoms with E-state index in [4.69, 9.17) is 0 Å². The molecule has 0 saturated carbocycles. The minimum absolute atomic E-state index is 0.0784. The van der Waals surface area contributed by atoms with Crippen LogP contribution in [0.2, 0.25) is 0 Å². The molecule has 5 nitrogen and oxygen atoms in total. The van der Waals surface area contributed by atoms with Gasteiger partial charge in [0, 0.05) is 37.6 Å². The molecule has 1 aromatic heterocycles. The van der Waals surface area contributed by atoms with Gasteiger partial charge in [0.05, 0.1) is 11.3 Å². The lowest BCUT2D eigenvalue weighted by atomic mass is 10.1. The van der Waals surface area contributed by atoms with Crippen molar-refractivity contribution < 1.29 is 4.79 Å². The van der Waals surface area contributed by atoms with E-state index in [0.717, 1.165) is 31.0 Å². The molecule has 1 aromatic rings.